The average molecular weight is 336 g/mol. The van der Waals surface area contributed by atoms with Crippen LogP contribution in [-0.2, 0) is 19.1 Å². The molecule has 0 spiro atoms. The lowest BCUT2D eigenvalue weighted by Gasteiger charge is -2.30. The van der Waals surface area contributed by atoms with Crippen LogP contribution in [0, 0.1) is 4.91 Å². The molecular formula is C17H18N2O5. The summed E-state index contributed by atoms with van der Waals surface area (Å²) in [7, 11) is -6.15. The van der Waals surface area contributed by atoms with Gasteiger partial charge in [0.2, 0.25) is 0 Å². The molecule has 1 aliphatic heterocycles. The van der Waals surface area contributed by atoms with Crippen LogP contribution in [0.1, 0.15) is 33.6 Å². The highest BCUT2D eigenvalue weighted by molar-refractivity contribution is 6.00. The van der Waals surface area contributed by atoms with Crippen LogP contribution in [0.15, 0.2) is 52.0 Å². The van der Waals surface area contributed by atoms with Gasteiger partial charge in [0.05, 0.1) is 39.4 Å². The predicted octanol–water partition coefficient (Wildman–Crippen LogP) is 2.67. The summed E-state index contributed by atoms with van der Waals surface area (Å²) >= 11 is 0. The molecule has 7 heteroatoms. The van der Waals surface area contributed by atoms with Crippen LogP contribution < -0.4 is 5.32 Å². The van der Waals surface area contributed by atoms with Gasteiger partial charge in [0.25, 0.3) is 0 Å². The summed E-state index contributed by atoms with van der Waals surface area (Å²) < 4.78 is 52.1. The van der Waals surface area contributed by atoms with Crippen molar-refractivity contribution in [1.29, 1.82) is 0 Å². The second kappa shape index (κ2) is 7.08. The van der Waals surface area contributed by atoms with E-state index in [0.717, 1.165) is 0 Å². The minimum absolute atomic E-state index is 0.0719. The summed E-state index contributed by atoms with van der Waals surface area (Å²) in [5.41, 5.74) is -0.363. The second-order valence-electron chi connectivity index (χ2n) is 5.06. The standard InChI is InChI=1S/C17H18N2O5/c1-9-13(16(20)23-3)15(11-7-5-6-8-12(11)19-22)14(10(2)18-9)17(21)24-4/h5-8,15,18H,1-4H3/i3D3,4D3. The van der Waals surface area contributed by atoms with Crippen LogP contribution in [0.3, 0.4) is 0 Å². The first-order chi connectivity index (χ1) is 13.7. The summed E-state index contributed by atoms with van der Waals surface area (Å²) in [4.78, 5) is 36.7. The molecule has 1 heterocycles. The molecule has 0 radical (unpaired) electrons. The number of benzene rings is 1. The van der Waals surface area contributed by atoms with Crippen molar-refractivity contribution in [1.82, 2.24) is 5.32 Å². The quantitative estimate of drug-likeness (QED) is 0.671. The number of ether oxygens (including phenoxy) is 2. The average Bonchev–Trinajstić information content (AvgIpc) is 2.57. The fourth-order valence-corrected chi connectivity index (χ4v) is 2.77. The largest absolute Gasteiger partial charge is 0.466 e. The van der Waals surface area contributed by atoms with Crippen molar-refractivity contribution in [3.05, 3.63) is 57.3 Å². The molecule has 1 N–H and O–H groups in total. The Labute approximate surface area is 147 Å². The van der Waals surface area contributed by atoms with Gasteiger partial charge in [0.1, 0.15) is 5.69 Å². The molecule has 1 aromatic rings. The van der Waals surface area contributed by atoms with Crippen molar-refractivity contribution < 1.29 is 27.3 Å². The molecule has 0 unspecified atom stereocenters. The Balaban J connectivity index is 2.72. The van der Waals surface area contributed by atoms with Crippen molar-refractivity contribution >= 4 is 17.6 Å². The summed E-state index contributed by atoms with van der Waals surface area (Å²) in [5, 5.41) is 5.62. The molecule has 1 aliphatic rings. The lowest BCUT2D eigenvalue weighted by molar-refractivity contribution is -0.137. The van der Waals surface area contributed by atoms with Crippen LogP contribution in [0.25, 0.3) is 0 Å². The van der Waals surface area contributed by atoms with Crippen LogP contribution in [0.5, 0.6) is 0 Å². The van der Waals surface area contributed by atoms with E-state index in [4.69, 9.17) is 8.22 Å². The number of esters is 2. The maximum absolute atomic E-state index is 12.7. The number of nitrogens with zero attached hydrogens (tertiary/aromatic N) is 1. The van der Waals surface area contributed by atoms with Crippen LogP contribution >= 0.6 is 0 Å². The van der Waals surface area contributed by atoms with E-state index in [1.807, 2.05) is 0 Å². The number of methoxy groups -OCH3 is 2. The maximum atomic E-state index is 12.7. The van der Waals surface area contributed by atoms with Gasteiger partial charge in [-0.3, -0.25) is 0 Å². The smallest absolute Gasteiger partial charge is 0.336 e. The fourth-order valence-electron chi connectivity index (χ4n) is 2.77. The van der Waals surface area contributed by atoms with Gasteiger partial charge in [0.15, 0.2) is 0 Å². The molecule has 0 aromatic heterocycles. The summed E-state index contributed by atoms with van der Waals surface area (Å²) in [6.07, 6.45) is 0. The van der Waals surface area contributed by atoms with E-state index in [0.29, 0.717) is 0 Å². The minimum Gasteiger partial charge on any atom is -0.466 e. The Kier molecular flexibility index (Phi) is 3.17. The summed E-state index contributed by atoms with van der Waals surface area (Å²) in [6.45, 7) is 2.88. The Morgan fingerprint density at radius 3 is 2.12 bits per heavy atom. The van der Waals surface area contributed by atoms with E-state index in [1.54, 1.807) is 0 Å². The fraction of sp³-hybridized carbons (Fsp3) is 0.294. The van der Waals surface area contributed by atoms with Gasteiger partial charge in [-0.2, -0.15) is 0 Å². The molecule has 126 valence electrons. The van der Waals surface area contributed by atoms with Crippen molar-refractivity contribution in [3.63, 3.8) is 0 Å². The molecule has 1 aromatic carbocycles. The second-order valence-corrected chi connectivity index (χ2v) is 5.06. The van der Waals surface area contributed by atoms with Crippen LogP contribution in [-0.4, -0.2) is 26.0 Å². The number of nitrogens with one attached hydrogen (secondary N) is 1. The van der Waals surface area contributed by atoms with Gasteiger partial charge < -0.3 is 14.8 Å². The molecule has 0 bridgehead atoms. The van der Waals surface area contributed by atoms with Gasteiger partial charge in [0, 0.05) is 11.4 Å². The normalized spacial score (nSPS) is 19.8. The molecule has 0 amide bonds. The number of hydrogen-bond acceptors (Lipinski definition) is 7. The number of rotatable bonds is 4. The highest BCUT2D eigenvalue weighted by atomic mass is 16.5. The van der Waals surface area contributed by atoms with E-state index >= 15 is 0 Å². The molecule has 0 aliphatic carbocycles. The van der Waals surface area contributed by atoms with Gasteiger partial charge >= 0.3 is 11.9 Å². The SMILES string of the molecule is [2H]C([2H])([2H])OC(=O)C1=C(C)NC(C)=C(C(=O)OC([2H])([2H])[2H])C1c1ccccc1N=O. The molecule has 0 saturated heterocycles. The zero-order valence-corrected chi connectivity index (χ0v) is 12.9. The Morgan fingerprint density at radius 1 is 1.08 bits per heavy atom. The zero-order chi connectivity index (χ0) is 22.9. The highest BCUT2D eigenvalue weighted by Crippen LogP contribution is 2.42. The molecule has 24 heavy (non-hydrogen) atoms. The van der Waals surface area contributed by atoms with Gasteiger partial charge in [-0.15, -0.1) is 4.91 Å². The number of nitroso groups, excluding NO2 is 1. The number of carbonyl (C=O) groups is 2. The third kappa shape index (κ3) is 2.92. The minimum atomic E-state index is -3.08. The molecule has 0 saturated carbocycles. The molecular weight excluding hydrogens is 312 g/mol. The summed E-state index contributed by atoms with van der Waals surface area (Å²) in [5.74, 6) is -3.92. The highest BCUT2D eigenvalue weighted by Gasteiger charge is 2.38. The first-order valence-electron chi connectivity index (χ1n) is 9.82. The lowest BCUT2D eigenvalue weighted by atomic mass is 9.80. The Bertz CT molecular complexity index is 899. The van der Waals surface area contributed by atoms with E-state index in [1.165, 1.54) is 38.1 Å². The third-order valence-electron chi connectivity index (χ3n) is 3.73. The zero-order valence-electron chi connectivity index (χ0n) is 18.9. The molecule has 2 rings (SSSR count). The molecule has 7 nitrogen and oxygen atoms in total. The van der Waals surface area contributed by atoms with Crippen LogP contribution in [0.2, 0.25) is 0 Å². The van der Waals surface area contributed by atoms with E-state index in [-0.39, 0.29) is 33.8 Å². The number of allylic oxidation sites excluding steroid dienone is 2. The van der Waals surface area contributed by atoms with Crippen LogP contribution in [0.4, 0.5) is 5.69 Å². The Hall–Kier alpha value is -2.96. The number of dihydropyridines is 1. The van der Waals surface area contributed by atoms with Gasteiger partial charge in [-0.1, -0.05) is 18.2 Å². The van der Waals surface area contributed by atoms with E-state index in [9.17, 15) is 14.5 Å². The van der Waals surface area contributed by atoms with Gasteiger partial charge in [-0.05, 0) is 30.7 Å². The van der Waals surface area contributed by atoms with E-state index < -0.39 is 31.9 Å². The predicted molar refractivity (Wildman–Crippen MR) is 87.2 cm³/mol. The lowest BCUT2D eigenvalue weighted by Crippen LogP contribution is -2.32. The van der Waals surface area contributed by atoms with Crippen molar-refractivity contribution in [2.24, 2.45) is 5.18 Å². The first kappa shape index (κ1) is 10.7. The van der Waals surface area contributed by atoms with Crippen molar-refractivity contribution in [2.45, 2.75) is 19.8 Å². The maximum Gasteiger partial charge on any atom is 0.336 e. The molecule has 0 fully saturated rings. The summed E-state index contributed by atoms with van der Waals surface area (Å²) in [6, 6.07) is 5.73. The van der Waals surface area contributed by atoms with Crippen molar-refractivity contribution in [2.75, 3.05) is 14.1 Å². The third-order valence-corrected chi connectivity index (χ3v) is 3.73. The number of hydrogen-bond donors (Lipinski definition) is 1. The first-order valence-corrected chi connectivity index (χ1v) is 6.82. The van der Waals surface area contributed by atoms with Crippen molar-refractivity contribution in [3.8, 4) is 0 Å². The molecule has 0 atom stereocenters. The monoisotopic (exact) mass is 336 g/mol. The number of carbonyl (C=O) groups excluding carboxylic acids is 2. The Morgan fingerprint density at radius 2 is 1.62 bits per heavy atom. The van der Waals surface area contributed by atoms with E-state index in [2.05, 4.69) is 20.0 Å². The topological polar surface area (TPSA) is 94.1 Å². The van der Waals surface area contributed by atoms with Gasteiger partial charge in [-0.25, -0.2) is 9.59 Å².